The summed E-state index contributed by atoms with van der Waals surface area (Å²) in [5, 5.41) is 4.39. The smallest absolute Gasteiger partial charge is 0.123 e. The molecule has 0 aliphatic carbocycles. The standard InChI is InChI=1S/C19H23N5S/c1-22(10-16-3-2-5-20-9-16)12-18-13-24-7-6-23(14-19(24)21-18)11-17-4-8-25-15-17/h2-5,8-9,13,15H,6-7,10-12,14H2,1H3. The average molecular weight is 353 g/mol. The molecule has 0 N–H and O–H groups in total. The topological polar surface area (TPSA) is 37.2 Å². The Morgan fingerprint density at radius 1 is 1.20 bits per heavy atom. The molecule has 0 radical (unpaired) electrons. The molecule has 3 aromatic rings. The van der Waals surface area contributed by atoms with E-state index in [1.165, 1.54) is 17.0 Å². The molecule has 0 unspecified atom stereocenters. The maximum absolute atomic E-state index is 4.88. The van der Waals surface area contributed by atoms with Crippen LogP contribution in [0.4, 0.5) is 0 Å². The van der Waals surface area contributed by atoms with Gasteiger partial charge in [0.05, 0.1) is 12.2 Å². The molecule has 1 aliphatic heterocycles. The lowest BCUT2D eigenvalue weighted by Crippen LogP contribution is -2.33. The first-order valence-electron chi connectivity index (χ1n) is 8.62. The minimum absolute atomic E-state index is 0.861. The third kappa shape index (κ3) is 4.15. The van der Waals surface area contributed by atoms with Crippen molar-refractivity contribution in [1.29, 1.82) is 0 Å². The summed E-state index contributed by atoms with van der Waals surface area (Å²) in [6.07, 6.45) is 5.96. The number of imidazole rings is 1. The Morgan fingerprint density at radius 3 is 2.96 bits per heavy atom. The normalized spacial score (nSPS) is 14.8. The Kier molecular flexibility index (Phi) is 4.92. The maximum Gasteiger partial charge on any atom is 0.123 e. The van der Waals surface area contributed by atoms with Gasteiger partial charge in [0.2, 0.25) is 0 Å². The lowest BCUT2D eigenvalue weighted by atomic mass is 10.2. The van der Waals surface area contributed by atoms with Crippen molar-refractivity contribution in [2.45, 2.75) is 32.7 Å². The minimum atomic E-state index is 0.861. The van der Waals surface area contributed by atoms with Gasteiger partial charge in [-0.15, -0.1) is 0 Å². The molecule has 0 spiro atoms. The van der Waals surface area contributed by atoms with Crippen molar-refractivity contribution in [2.75, 3.05) is 13.6 Å². The van der Waals surface area contributed by atoms with E-state index in [1.54, 1.807) is 11.3 Å². The molecule has 1 aliphatic rings. The SMILES string of the molecule is CN(Cc1cccnc1)Cc1cn2c(n1)CN(Cc1ccsc1)CC2. The van der Waals surface area contributed by atoms with Gasteiger partial charge in [-0.2, -0.15) is 11.3 Å². The van der Waals surface area contributed by atoms with Crippen molar-refractivity contribution in [3.05, 3.63) is 70.2 Å². The average Bonchev–Trinajstić information content (AvgIpc) is 3.24. The van der Waals surface area contributed by atoms with Gasteiger partial charge in [0.15, 0.2) is 0 Å². The fourth-order valence-electron chi connectivity index (χ4n) is 3.35. The number of thiophene rings is 1. The van der Waals surface area contributed by atoms with Crippen LogP contribution in [0.1, 0.15) is 22.6 Å². The number of hydrogen-bond donors (Lipinski definition) is 0. The van der Waals surface area contributed by atoms with E-state index >= 15 is 0 Å². The Labute approximate surface area is 152 Å². The van der Waals surface area contributed by atoms with E-state index < -0.39 is 0 Å². The van der Waals surface area contributed by atoms with Crippen LogP contribution in [0.2, 0.25) is 0 Å². The summed E-state index contributed by atoms with van der Waals surface area (Å²) < 4.78 is 2.32. The van der Waals surface area contributed by atoms with Gasteiger partial charge in [-0.25, -0.2) is 4.98 Å². The zero-order valence-corrected chi connectivity index (χ0v) is 15.3. The molecule has 25 heavy (non-hydrogen) atoms. The van der Waals surface area contributed by atoms with Crippen LogP contribution in [0.15, 0.2) is 47.5 Å². The third-order valence-corrected chi connectivity index (χ3v) is 5.26. The van der Waals surface area contributed by atoms with Crippen molar-refractivity contribution >= 4 is 11.3 Å². The molecule has 6 heteroatoms. The van der Waals surface area contributed by atoms with Gasteiger partial charge in [0.1, 0.15) is 5.82 Å². The summed E-state index contributed by atoms with van der Waals surface area (Å²) in [6.45, 7) is 5.82. The van der Waals surface area contributed by atoms with Gasteiger partial charge >= 0.3 is 0 Å². The van der Waals surface area contributed by atoms with Gasteiger partial charge in [-0.3, -0.25) is 14.8 Å². The Balaban J connectivity index is 1.36. The highest BCUT2D eigenvalue weighted by Gasteiger charge is 2.19. The first-order valence-corrected chi connectivity index (χ1v) is 9.56. The van der Waals surface area contributed by atoms with Gasteiger partial charge in [-0.05, 0) is 41.1 Å². The summed E-state index contributed by atoms with van der Waals surface area (Å²) in [4.78, 5) is 13.8. The molecule has 5 nitrogen and oxygen atoms in total. The highest BCUT2D eigenvalue weighted by molar-refractivity contribution is 7.07. The lowest BCUT2D eigenvalue weighted by Gasteiger charge is -2.27. The summed E-state index contributed by atoms with van der Waals surface area (Å²) in [7, 11) is 2.13. The van der Waals surface area contributed by atoms with E-state index in [2.05, 4.69) is 55.5 Å². The van der Waals surface area contributed by atoms with Crippen molar-refractivity contribution < 1.29 is 0 Å². The van der Waals surface area contributed by atoms with Crippen LogP contribution >= 0.6 is 11.3 Å². The Bertz CT molecular complexity index is 797. The van der Waals surface area contributed by atoms with Crippen LogP contribution in [0.5, 0.6) is 0 Å². The molecule has 0 saturated heterocycles. The monoisotopic (exact) mass is 353 g/mol. The van der Waals surface area contributed by atoms with Crippen molar-refractivity contribution in [3.63, 3.8) is 0 Å². The molecule has 0 amide bonds. The minimum Gasteiger partial charge on any atom is -0.332 e. The van der Waals surface area contributed by atoms with Crippen LogP contribution in [0.3, 0.4) is 0 Å². The molecule has 0 aromatic carbocycles. The first kappa shape index (κ1) is 16.4. The zero-order chi connectivity index (χ0) is 17.1. The Morgan fingerprint density at radius 2 is 2.16 bits per heavy atom. The summed E-state index contributed by atoms with van der Waals surface area (Å²) >= 11 is 1.77. The summed E-state index contributed by atoms with van der Waals surface area (Å²) in [6, 6.07) is 6.31. The van der Waals surface area contributed by atoms with Crippen LogP contribution < -0.4 is 0 Å². The predicted octanol–water partition coefficient (Wildman–Crippen LogP) is 2.99. The summed E-state index contributed by atoms with van der Waals surface area (Å²) in [5.74, 6) is 1.19. The molecule has 0 bridgehead atoms. The molecular formula is C19H23N5S. The van der Waals surface area contributed by atoms with Crippen LogP contribution in [-0.4, -0.2) is 37.9 Å². The van der Waals surface area contributed by atoms with Crippen molar-refractivity contribution in [1.82, 2.24) is 24.3 Å². The van der Waals surface area contributed by atoms with Crippen molar-refractivity contribution in [3.8, 4) is 0 Å². The second kappa shape index (κ2) is 7.47. The van der Waals surface area contributed by atoms with E-state index in [0.29, 0.717) is 0 Å². The number of nitrogens with zero attached hydrogens (tertiary/aromatic N) is 5. The maximum atomic E-state index is 4.88. The van der Waals surface area contributed by atoms with E-state index in [4.69, 9.17) is 4.98 Å². The van der Waals surface area contributed by atoms with Crippen LogP contribution in [-0.2, 0) is 32.7 Å². The molecule has 4 rings (SSSR count). The zero-order valence-electron chi connectivity index (χ0n) is 14.5. The Hall–Kier alpha value is -2.02. The van der Waals surface area contributed by atoms with E-state index in [1.807, 2.05) is 18.5 Å². The quantitative estimate of drug-likeness (QED) is 0.683. The fourth-order valence-corrected chi connectivity index (χ4v) is 4.01. The molecular weight excluding hydrogens is 330 g/mol. The van der Waals surface area contributed by atoms with Crippen LogP contribution in [0, 0.1) is 0 Å². The highest BCUT2D eigenvalue weighted by atomic mass is 32.1. The van der Waals surface area contributed by atoms with E-state index in [0.717, 1.165) is 45.0 Å². The number of hydrogen-bond acceptors (Lipinski definition) is 5. The molecule has 0 saturated carbocycles. The molecule has 0 atom stereocenters. The van der Waals surface area contributed by atoms with E-state index in [9.17, 15) is 0 Å². The van der Waals surface area contributed by atoms with Gasteiger partial charge in [0, 0.05) is 51.3 Å². The highest BCUT2D eigenvalue weighted by Crippen LogP contribution is 2.17. The number of rotatable bonds is 6. The molecule has 0 fully saturated rings. The van der Waals surface area contributed by atoms with Crippen LogP contribution in [0.25, 0.3) is 0 Å². The fraction of sp³-hybridized carbons (Fsp3) is 0.368. The van der Waals surface area contributed by atoms with Gasteiger partial charge in [0.25, 0.3) is 0 Å². The first-order chi connectivity index (χ1) is 12.3. The number of aromatic nitrogens is 3. The number of pyridine rings is 1. The predicted molar refractivity (Wildman–Crippen MR) is 100 cm³/mol. The third-order valence-electron chi connectivity index (χ3n) is 4.52. The number of fused-ring (bicyclic) bond motifs is 1. The largest absolute Gasteiger partial charge is 0.332 e. The second-order valence-corrected chi connectivity index (χ2v) is 7.50. The second-order valence-electron chi connectivity index (χ2n) is 6.72. The van der Waals surface area contributed by atoms with Gasteiger partial charge in [-0.1, -0.05) is 6.07 Å². The lowest BCUT2D eigenvalue weighted by molar-refractivity contribution is 0.209. The summed E-state index contributed by atoms with van der Waals surface area (Å²) in [5.41, 5.74) is 3.79. The van der Waals surface area contributed by atoms with E-state index in [-0.39, 0.29) is 0 Å². The van der Waals surface area contributed by atoms with Gasteiger partial charge < -0.3 is 4.57 Å². The molecule has 130 valence electrons. The molecule has 4 heterocycles. The molecule has 3 aromatic heterocycles. The van der Waals surface area contributed by atoms with Crippen molar-refractivity contribution in [2.24, 2.45) is 0 Å².